The Hall–Kier alpha value is -1.32. The molecular formula is C16H25NO3. The minimum atomic E-state index is -1.000. The minimum absolute atomic E-state index is 0.0438. The van der Waals surface area contributed by atoms with Crippen LogP contribution in [-0.4, -0.2) is 16.1 Å². The number of nitrogens with zero attached hydrogens (tertiary/aromatic N) is 1. The highest BCUT2D eigenvalue weighted by Crippen LogP contribution is 2.27. The van der Waals surface area contributed by atoms with E-state index in [1.54, 1.807) is 0 Å². The maximum atomic E-state index is 11.2. The van der Waals surface area contributed by atoms with E-state index in [4.69, 9.17) is 4.42 Å². The molecule has 1 heterocycles. The molecule has 0 bridgehead atoms. The summed E-state index contributed by atoms with van der Waals surface area (Å²) in [7, 11) is 0. The van der Waals surface area contributed by atoms with E-state index in [9.17, 15) is 9.90 Å². The topological polar surface area (TPSA) is 63.3 Å². The highest BCUT2D eigenvalue weighted by atomic mass is 16.4. The molecule has 1 aromatic heterocycles. The standard InChI is InChI=1S/C16H25NO3/c1-11(2)9-13-15(16(18)19)20-14(17-13)10-12-7-5-3-4-6-8-12/h11-12H,3-10H2,1-2H3,(H,18,19). The summed E-state index contributed by atoms with van der Waals surface area (Å²) in [6.45, 7) is 4.12. The molecule has 0 atom stereocenters. The first-order chi connectivity index (χ1) is 9.56. The molecule has 0 radical (unpaired) electrons. The SMILES string of the molecule is CC(C)Cc1nc(CC2CCCCCC2)oc1C(=O)O. The zero-order valence-corrected chi connectivity index (χ0v) is 12.5. The first kappa shape index (κ1) is 15.1. The largest absolute Gasteiger partial charge is 0.475 e. The van der Waals surface area contributed by atoms with Crippen molar-refractivity contribution in [3.8, 4) is 0 Å². The van der Waals surface area contributed by atoms with Gasteiger partial charge in [-0.15, -0.1) is 0 Å². The molecule has 1 saturated carbocycles. The van der Waals surface area contributed by atoms with Crippen LogP contribution in [0.25, 0.3) is 0 Å². The molecule has 4 nitrogen and oxygen atoms in total. The van der Waals surface area contributed by atoms with Gasteiger partial charge in [0, 0.05) is 6.42 Å². The van der Waals surface area contributed by atoms with Crippen molar-refractivity contribution in [3.63, 3.8) is 0 Å². The number of hydrogen-bond acceptors (Lipinski definition) is 3. The number of carboxylic acids is 1. The molecule has 1 aromatic rings. The van der Waals surface area contributed by atoms with Crippen LogP contribution in [-0.2, 0) is 12.8 Å². The third-order valence-corrected chi connectivity index (χ3v) is 3.98. The molecule has 20 heavy (non-hydrogen) atoms. The number of carbonyl (C=O) groups is 1. The molecule has 0 saturated heterocycles. The third kappa shape index (κ3) is 4.09. The average molecular weight is 279 g/mol. The molecule has 1 aliphatic carbocycles. The molecule has 4 heteroatoms. The number of aromatic carboxylic acids is 1. The summed E-state index contributed by atoms with van der Waals surface area (Å²) in [6.07, 6.45) is 9.07. The number of oxazole rings is 1. The van der Waals surface area contributed by atoms with E-state index in [0.29, 0.717) is 29.8 Å². The second kappa shape index (κ2) is 6.91. The van der Waals surface area contributed by atoms with E-state index in [1.807, 2.05) is 0 Å². The third-order valence-electron chi connectivity index (χ3n) is 3.98. The monoisotopic (exact) mass is 279 g/mol. The van der Waals surface area contributed by atoms with Gasteiger partial charge in [0.1, 0.15) is 0 Å². The van der Waals surface area contributed by atoms with Gasteiger partial charge in [-0.3, -0.25) is 0 Å². The molecule has 0 aromatic carbocycles. The Labute approximate surface area is 120 Å². The summed E-state index contributed by atoms with van der Waals surface area (Å²) in [6, 6.07) is 0. The number of rotatable bonds is 5. The van der Waals surface area contributed by atoms with Crippen molar-refractivity contribution in [1.82, 2.24) is 4.98 Å². The maximum absolute atomic E-state index is 11.2. The van der Waals surface area contributed by atoms with Gasteiger partial charge in [0.25, 0.3) is 0 Å². The van der Waals surface area contributed by atoms with Crippen molar-refractivity contribution >= 4 is 5.97 Å². The Balaban J connectivity index is 2.09. The lowest BCUT2D eigenvalue weighted by Gasteiger charge is -2.10. The minimum Gasteiger partial charge on any atom is -0.475 e. The van der Waals surface area contributed by atoms with Gasteiger partial charge >= 0.3 is 5.97 Å². The lowest BCUT2D eigenvalue weighted by atomic mass is 9.97. The van der Waals surface area contributed by atoms with Crippen LogP contribution in [0.5, 0.6) is 0 Å². The fourth-order valence-electron chi connectivity index (χ4n) is 3.00. The van der Waals surface area contributed by atoms with E-state index in [-0.39, 0.29) is 5.76 Å². The molecule has 1 fully saturated rings. The van der Waals surface area contributed by atoms with Crippen LogP contribution in [0.3, 0.4) is 0 Å². The van der Waals surface area contributed by atoms with Gasteiger partial charge in [-0.1, -0.05) is 39.5 Å². The van der Waals surface area contributed by atoms with E-state index in [2.05, 4.69) is 18.8 Å². The predicted molar refractivity (Wildman–Crippen MR) is 76.9 cm³/mol. The van der Waals surface area contributed by atoms with E-state index < -0.39 is 5.97 Å². The summed E-state index contributed by atoms with van der Waals surface area (Å²) in [4.78, 5) is 15.7. The van der Waals surface area contributed by atoms with Gasteiger partial charge in [-0.05, 0) is 31.1 Å². The van der Waals surface area contributed by atoms with Crippen LogP contribution in [0.1, 0.15) is 74.5 Å². The average Bonchev–Trinajstić information content (AvgIpc) is 2.58. The Kier molecular flexibility index (Phi) is 5.21. The smallest absolute Gasteiger partial charge is 0.373 e. The summed E-state index contributed by atoms with van der Waals surface area (Å²) in [5.74, 6) is 0.640. The van der Waals surface area contributed by atoms with Crippen LogP contribution in [0.15, 0.2) is 4.42 Å². The molecular weight excluding hydrogens is 254 g/mol. The maximum Gasteiger partial charge on any atom is 0.373 e. The van der Waals surface area contributed by atoms with Gasteiger partial charge in [-0.25, -0.2) is 9.78 Å². The second-order valence-electron chi connectivity index (χ2n) is 6.35. The van der Waals surface area contributed by atoms with Crippen LogP contribution in [0, 0.1) is 11.8 Å². The Morgan fingerprint density at radius 1 is 1.30 bits per heavy atom. The fraction of sp³-hybridized carbons (Fsp3) is 0.750. The Morgan fingerprint density at radius 2 is 1.95 bits per heavy atom. The van der Waals surface area contributed by atoms with Crippen molar-refractivity contribution in [2.75, 3.05) is 0 Å². The summed E-state index contributed by atoms with van der Waals surface area (Å²) in [5.41, 5.74) is 0.608. The molecule has 1 aliphatic rings. The second-order valence-corrected chi connectivity index (χ2v) is 6.35. The molecule has 112 valence electrons. The van der Waals surface area contributed by atoms with Crippen molar-refractivity contribution in [2.45, 2.75) is 65.2 Å². The van der Waals surface area contributed by atoms with E-state index >= 15 is 0 Å². The lowest BCUT2D eigenvalue weighted by Crippen LogP contribution is -2.04. The first-order valence-electron chi connectivity index (χ1n) is 7.78. The van der Waals surface area contributed by atoms with E-state index in [1.165, 1.54) is 38.5 Å². The van der Waals surface area contributed by atoms with Crippen molar-refractivity contribution < 1.29 is 14.3 Å². The number of aromatic nitrogens is 1. The summed E-state index contributed by atoms with van der Waals surface area (Å²) in [5, 5.41) is 9.21. The van der Waals surface area contributed by atoms with Crippen LogP contribution >= 0.6 is 0 Å². The normalized spacial score (nSPS) is 17.4. The lowest BCUT2D eigenvalue weighted by molar-refractivity contribution is 0.0658. The molecule has 1 N–H and O–H groups in total. The highest BCUT2D eigenvalue weighted by molar-refractivity contribution is 5.85. The molecule has 0 aliphatic heterocycles. The van der Waals surface area contributed by atoms with Crippen LogP contribution in [0.2, 0.25) is 0 Å². The Morgan fingerprint density at radius 3 is 2.50 bits per heavy atom. The van der Waals surface area contributed by atoms with Crippen LogP contribution < -0.4 is 0 Å². The predicted octanol–water partition coefficient (Wildman–Crippen LogP) is 4.08. The number of hydrogen-bond donors (Lipinski definition) is 1. The van der Waals surface area contributed by atoms with Crippen molar-refractivity contribution in [3.05, 3.63) is 17.3 Å². The highest BCUT2D eigenvalue weighted by Gasteiger charge is 2.22. The van der Waals surface area contributed by atoms with Gasteiger partial charge < -0.3 is 9.52 Å². The molecule has 0 amide bonds. The molecule has 0 spiro atoms. The summed E-state index contributed by atoms with van der Waals surface area (Å²) < 4.78 is 5.51. The molecule has 2 rings (SSSR count). The van der Waals surface area contributed by atoms with Crippen molar-refractivity contribution in [2.24, 2.45) is 11.8 Å². The van der Waals surface area contributed by atoms with Crippen molar-refractivity contribution in [1.29, 1.82) is 0 Å². The Bertz CT molecular complexity index is 443. The van der Waals surface area contributed by atoms with Crippen LogP contribution in [0.4, 0.5) is 0 Å². The fourth-order valence-corrected chi connectivity index (χ4v) is 3.00. The zero-order valence-electron chi connectivity index (χ0n) is 12.5. The van der Waals surface area contributed by atoms with Gasteiger partial charge in [0.15, 0.2) is 5.89 Å². The zero-order chi connectivity index (χ0) is 14.5. The first-order valence-corrected chi connectivity index (χ1v) is 7.78. The van der Waals surface area contributed by atoms with Gasteiger partial charge in [0.2, 0.25) is 5.76 Å². The van der Waals surface area contributed by atoms with Gasteiger partial charge in [-0.2, -0.15) is 0 Å². The van der Waals surface area contributed by atoms with E-state index in [0.717, 1.165) is 6.42 Å². The number of carboxylic acid groups (broad SMARTS) is 1. The van der Waals surface area contributed by atoms with Gasteiger partial charge in [0.05, 0.1) is 5.69 Å². The summed E-state index contributed by atoms with van der Waals surface area (Å²) >= 11 is 0. The molecule has 0 unspecified atom stereocenters. The quantitative estimate of drug-likeness (QED) is 0.825.